The largest absolute Gasteiger partial charge is 0.493 e. The Balaban J connectivity index is 1.34. The first-order valence-electron chi connectivity index (χ1n) is 15.0. The molecule has 2 amide bonds. The van der Waals surface area contributed by atoms with Crippen LogP contribution in [0, 0.1) is 5.92 Å². The predicted octanol–water partition coefficient (Wildman–Crippen LogP) is 7.32. The van der Waals surface area contributed by atoms with Gasteiger partial charge in [-0.25, -0.2) is 0 Å². The average Bonchev–Trinajstić information content (AvgIpc) is 3.23. The smallest absolute Gasteiger partial charge is 0.232 e. The Morgan fingerprint density at radius 1 is 0.929 bits per heavy atom. The maximum absolute atomic E-state index is 13.9. The number of benzene rings is 3. The summed E-state index contributed by atoms with van der Waals surface area (Å²) in [6.07, 6.45) is 5.65. The van der Waals surface area contributed by atoms with E-state index in [9.17, 15) is 9.59 Å². The Kier molecular flexibility index (Phi) is 7.93. The van der Waals surface area contributed by atoms with Gasteiger partial charge in [0.25, 0.3) is 0 Å². The summed E-state index contributed by atoms with van der Waals surface area (Å²) in [5.41, 5.74) is 5.06. The minimum atomic E-state index is -0.342. The highest BCUT2D eigenvalue weighted by molar-refractivity contribution is 6.30. The quantitative estimate of drug-likeness (QED) is 0.260. The summed E-state index contributed by atoms with van der Waals surface area (Å²) < 4.78 is 11.8. The number of hydrogen-bond acceptors (Lipinski definition) is 4. The van der Waals surface area contributed by atoms with Crippen molar-refractivity contribution in [1.82, 2.24) is 4.90 Å². The molecule has 0 N–H and O–H groups in total. The van der Waals surface area contributed by atoms with Crippen molar-refractivity contribution in [3.05, 3.63) is 87.9 Å². The highest BCUT2D eigenvalue weighted by atomic mass is 35.5. The summed E-state index contributed by atoms with van der Waals surface area (Å²) in [5.74, 6) is 2.25. The van der Waals surface area contributed by atoms with Crippen LogP contribution in [0.3, 0.4) is 0 Å². The number of ether oxygens (including phenoxy) is 2. The zero-order valence-corrected chi connectivity index (χ0v) is 25.5. The highest BCUT2D eigenvalue weighted by Crippen LogP contribution is 2.46. The fourth-order valence-corrected chi connectivity index (χ4v) is 7.50. The number of carbonyl (C=O) groups excluding carboxylic acids is 2. The molecule has 3 aliphatic rings. The normalized spacial score (nSPS) is 24.0. The van der Waals surface area contributed by atoms with Gasteiger partial charge < -0.3 is 19.3 Å². The molecule has 4 atom stereocenters. The number of anilines is 1. The van der Waals surface area contributed by atoms with Gasteiger partial charge in [0, 0.05) is 22.8 Å². The fourth-order valence-electron chi connectivity index (χ4n) is 7.38. The molecular weight excluding hydrogens is 548 g/mol. The fraction of sp³-hybridized carbons (Fsp3) is 0.429. The van der Waals surface area contributed by atoms with Gasteiger partial charge in [-0.05, 0) is 110 Å². The third-order valence-electron chi connectivity index (χ3n) is 9.49. The molecule has 220 valence electrons. The summed E-state index contributed by atoms with van der Waals surface area (Å²) in [7, 11) is 1.63. The first-order chi connectivity index (χ1) is 20.3. The molecule has 2 saturated heterocycles. The van der Waals surface area contributed by atoms with Crippen molar-refractivity contribution < 1.29 is 19.1 Å². The predicted molar refractivity (Wildman–Crippen MR) is 166 cm³/mol. The molecule has 2 fully saturated rings. The van der Waals surface area contributed by atoms with Crippen LogP contribution in [0.15, 0.2) is 60.7 Å². The lowest BCUT2D eigenvalue weighted by Gasteiger charge is -2.39. The molecule has 3 unspecified atom stereocenters. The van der Waals surface area contributed by atoms with Crippen molar-refractivity contribution in [1.29, 1.82) is 0 Å². The van der Waals surface area contributed by atoms with Gasteiger partial charge in [-0.3, -0.25) is 9.59 Å². The topological polar surface area (TPSA) is 59.1 Å². The maximum atomic E-state index is 13.9. The van der Waals surface area contributed by atoms with Crippen LogP contribution in [-0.2, 0) is 16.0 Å². The second kappa shape index (κ2) is 11.6. The Morgan fingerprint density at radius 3 is 2.19 bits per heavy atom. The molecule has 0 aliphatic carbocycles. The second-order valence-electron chi connectivity index (χ2n) is 12.3. The first kappa shape index (κ1) is 28.6. The van der Waals surface area contributed by atoms with Crippen LogP contribution in [0.4, 0.5) is 5.69 Å². The Hall–Kier alpha value is -3.51. The van der Waals surface area contributed by atoms with Gasteiger partial charge in [-0.1, -0.05) is 42.8 Å². The second-order valence-corrected chi connectivity index (χ2v) is 12.7. The van der Waals surface area contributed by atoms with E-state index >= 15 is 0 Å². The number of piperidine rings is 1. The summed E-state index contributed by atoms with van der Waals surface area (Å²) >= 11 is 6.27. The van der Waals surface area contributed by atoms with Crippen molar-refractivity contribution in [3.63, 3.8) is 0 Å². The van der Waals surface area contributed by atoms with Crippen molar-refractivity contribution in [2.24, 2.45) is 5.92 Å². The van der Waals surface area contributed by atoms with E-state index in [1.807, 2.05) is 55.1 Å². The lowest BCUT2D eigenvalue weighted by atomic mass is 9.78. The number of nitrogens with zero attached hydrogens (tertiary/aromatic N) is 2. The molecule has 0 aromatic heterocycles. The number of hydrogen-bond donors (Lipinski definition) is 0. The van der Waals surface area contributed by atoms with E-state index < -0.39 is 0 Å². The van der Waals surface area contributed by atoms with Crippen LogP contribution in [0.5, 0.6) is 11.5 Å². The zero-order chi connectivity index (χ0) is 29.5. The van der Waals surface area contributed by atoms with E-state index in [4.69, 9.17) is 21.1 Å². The molecule has 6 rings (SSSR count). The molecule has 0 spiro atoms. The van der Waals surface area contributed by atoms with E-state index in [-0.39, 0.29) is 24.5 Å². The Bertz CT molecular complexity index is 1440. The number of carbonyl (C=O) groups is 2. The van der Waals surface area contributed by atoms with E-state index in [1.165, 1.54) is 5.56 Å². The van der Waals surface area contributed by atoms with Crippen LogP contribution in [0.25, 0.3) is 0 Å². The molecular formula is C35H39ClN2O4. The lowest BCUT2D eigenvalue weighted by Crippen LogP contribution is -2.42. The number of rotatable bonds is 8. The molecule has 0 radical (unpaired) electrons. The molecule has 3 heterocycles. The standard InChI is InChI=1S/C35H39ClN2O4/c1-21(2)42-33-19-31-26(17-32(33)41-4)18-34(40)38(35(31)24-5-9-27(36)10-6-24)28-11-7-23(8-12-28)22(3)25-15-29-13-14-30(16-25)37(29)20-39/h5-12,17,19-22,25,29-30,35H,13-16,18H2,1-4H3/t22?,25?,29?,30?,35-/m0/s1. The van der Waals surface area contributed by atoms with Crippen molar-refractivity contribution in [2.45, 2.75) is 83.0 Å². The molecule has 3 aliphatic heterocycles. The highest BCUT2D eigenvalue weighted by Gasteiger charge is 2.42. The molecule has 2 bridgehead atoms. The van der Waals surface area contributed by atoms with Crippen LogP contribution in [-0.4, -0.2) is 42.5 Å². The zero-order valence-electron chi connectivity index (χ0n) is 24.8. The van der Waals surface area contributed by atoms with E-state index in [1.54, 1.807) is 7.11 Å². The van der Waals surface area contributed by atoms with Gasteiger partial charge in [0.05, 0.1) is 25.7 Å². The van der Waals surface area contributed by atoms with Gasteiger partial charge >= 0.3 is 0 Å². The summed E-state index contributed by atoms with van der Waals surface area (Å²) in [5, 5.41) is 0.650. The molecule has 3 aromatic rings. The Labute approximate surface area is 253 Å². The van der Waals surface area contributed by atoms with Crippen LogP contribution in [0.2, 0.25) is 5.02 Å². The molecule has 42 heavy (non-hydrogen) atoms. The van der Waals surface area contributed by atoms with Gasteiger partial charge in [0.15, 0.2) is 11.5 Å². The lowest BCUT2D eigenvalue weighted by molar-refractivity contribution is -0.123. The Morgan fingerprint density at radius 2 is 1.60 bits per heavy atom. The van der Waals surface area contributed by atoms with Crippen molar-refractivity contribution in [2.75, 3.05) is 12.0 Å². The van der Waals surface area contributed by atoms with Crippen LogP contribution < -0.4 is 14.4 Å². The SMILES string of the molecule is COc1cc2c(cc1OC(C)C)[C@H](c1ccc(Cl)cc1)N(c1ccc(C(C)C3CC4CCC(C3)N4C=O)cc1)C(=O)C2. The summed E-state index contributed by atoms with van der Waals surface area (Å²) in [6.45, 7) is 6.28. The number of fused-ring (bicyclic) bond motifs is 3. The van der Waals surface area contributed by atoms with Gasteiger partial charge in [-0.15, -0.1) is 0 Å². The van der Waals surface area contributed by atoms with Gasteiger partial charge in [0.1, 0.15) is 0 Å². The third kappa shape index (κ3) is 5.26. The van der Waals surface area contributed by atoms with E-state index in [0.29, 0.717) is 40.4 Å². The third-order valence-corrected chi connectivity index (χ3v) is 9.74. The van der Waals surface area contributed by atoms with Gasteiger partial charge in [-0.2, -0.15) is 0 Å². The van der Waals surface area contributed by atoms with Crippen LogP contribution in [0.1, 0.15) is 80.7 Å². The molecule has 0 saturated carbocycles. The minimum absolute atomic E-state index is 0.0253. The van der Waals surface area contributed by atoms with Crippen LogP contribution >= 0.6 is 11.6 Å². The van der Waals surface area contributed by atoms with Gasteiger partial charge in [0.2, 0.25) is 12.3 Å². The van der Waals surface area contributed by atoms with E-state index in [2.05, 4.69) is 36.1 Å². The van der Waals surface area contributed by atoms with Crippen molar-refractivity contribution in [3.8, 4) is 11.5 Å². The number of halogens is 1. The number of methoxy groups -OCH3 is 1. The summed E-state index contributed by atoms with van der Waals surface area (Å²) in [4.78, 5) is 29.4. The first-order valence-corrected chi connectivity index (χ1v) is 15.4. The average molecular weight is 587 g/mol. The van der Waals surface area contributed by atoms with Crippen molar-refractivity contribution >= 4 is 29.6 Å². The molecule has 6 nitrogen and oxygen atoms in total. The van der Waals surface area contributed by atoms with E-state index in [0.717, 1.165) is 54.5 Å². The summed E-state index contributed by atoms with van der Waals surface area (Å²) in [6, 6.07) is 20.6. The molecule has 3 aromatic carbocycles. The number of amides is 2. The minimum Gasteiger partial charge on any atom is -0.493 e. The maximum Gasteiger partial charge on any atom is 0.232 e. The monoisotopic (exact) mass is 586 g/mol. The molecule has 7 heteroatoms.